The minimum absolute atomic E-state index is 0. The summed E-state index contributed by atoms with van der Waals surface area (Å²) in [7, 11) is 0. The van der Waals surface area contributed by atoms with Crippen molar-refractivity contribution in [3.63, 3.8) is 0 Å². The average molecular weight is 490 g/mol. The van der Waals surface area contributed by atoms with Crippen LogP contribution < -0.4 is 15.3 Å². The van der Waals surface area contributed by atoms with Crippen molar-refractivity contribution in [2.24, 2.45) is 0 Å². The van der Waals surface area contributed by atoms with Gasteiger partial charge in [0.05, 0.1) is 0 Å². The van der Waals surface area contributed by atoms with Gasteiger partial charge < -0.3 is 29.7 Å². The Hall–Kier alpha value is -0.967. The van der Waals surface area contributed by atoms with Crippen LogP contribution in [0, 0.1) is 0 Å². The minimum atomic E-state index is -0.925. The first-order valence-corrected chi connectivity index (χ1v) is 10.4. The Labute approximate surface area is 184 Å². The van der Waals surface area contributed by atoms with Gasteiger partial charge in [0.1, 0.15) is 0 Å². The predicted molar refractivity (Wildman–Crippen MR) is 101 cm³/mol. The van der Waals surface area contributed by atoms with Crippen molar-refractivity contribution in [3.8, 4) is 0 Å². The first-order valence-electron chi connectivity index (χ1n) is 10.4. The van der Waals surface area contributed by atoms with Crippen molar-refractivity contribution >= 4 is 17.9 Å². The fourth-order valence-electron chi connectivity index (χ4n) is 2.09. The molecule has 0 aliphatic heterocycles. The van der Waals surface area contributed by atoms with Gasteiger partial charge in [-0.15, -0.1) is 0 Å². The number of aliphatic carboxylic acids is 3. The third kappa shape index (κ3) is 49.8. The number of rotatable bonds is 15. The summed E-state index contributed by atoms with van der Waals surface area (Å²) in [6, 6.07) is 0. The van der Waals surface area contributed by atoms with Crippen LogP contribution in [-0.4, -0.2) is 17.9 Å². The summed E-state index contributed by atoms with van der Waals surface area (Å²) in [5, 5.41) is 29.6. The second-order valence-electron chi connectivity index (χ2n) is 6.55. The molecule has 0 N–H and O–H groups in total. The molecule has 168 valence electrons. The van der Waals surface area contributed by atoms with Gasteiger partial charge in [-0.1, -0.05) is 78.6 Å². The number of carboxylic acid groups (broad SMARTS) is 3. The summed E-state index contributed by atoms with van der Waals surface area (Å²) in [5.74, 6) is -2.77. The maximum absolute atomic E-state index is 9.85. The molecule has 0 bridgehead atoms. The second kappa shape index (κ2) is 30.8. The van der Waals surface area contributed by atoms with Crippen molar-refractivity contribution < 1.29 is 49.2 Å². The molecular weight excluding hydrogens is 451 g/mol. The molecule has 0 saturated carbocycles. The van der Waals surface area contributed by atoms with E-state index in [9.17, 15) is 29.7 Å². The quantitative estimate of drug-likeness (QED) is 0.256. The van der Waals surface area contributed by atoms with Gasteiger partial charge in [0.2, 0.25) is 0 Å². The summed E-state index contributed by atoms with van der Waals surface area (Å²) < 4.78 is 0. The van der Waals surface area contributed by atoms with Crippen molar-refractivity contribution in [1.82, 2.24) is 0 Å². The molecule has 28 heavy (non-hydrogen) atoms. The Balaban J connectivity index is -0.000000152. The minimum Gasteiger partial charge on any atom is -0.550 e. The third-order valence-electron chi connectivity index (χ3n) is 3.70. The number of unbranched alkanes of at least 4 members (excludes halogenated alkanes) is 9. The molecule has 0 saturated heterocycles. The molecule has 0 aromatic rings. The van der Waals surface area contributed by atoms with E-state index < -0.39 is 17.9 Å². The van der Waals surface area contributed by atoms with Crippen LogP contribution in [-0.2, 0) is 33.9 Å². The van der Waals surface area contributed by atoms with E-state index in [1.165, 1.54) is 0 Å². The van der Waals surface area contributed by atoms with E-state index in [-0.39, 0.29) is 38.7 Å². The van der Waals surface area contributed by atoms with Crippen molar-refractivity contribution in [1.29, 1.82) is 0 Å². The summed E-state index contributed by atoms with van der Waals surface area (Å²) >= 11 is 0. The van der Waals surface area contributed by atoms with Crippen LogP contribution in [0.15, 0.2) is 0 Å². The molecule has 0 unspecified atom stereocenters. The first kappa shape index (κ1) is 34.5. The van der Waals surface area contributed by atoms with Crippen LogP contribution in [0.2, 0.25) is 0 Å². The van der Waals surface area contributed by atoms with Crippen LogP contribution in [0.5, 0.6) is 0 Å². The molecule has 0 fully saturated rings. The Morgan fingerprint density at radius 1 is 0.464 bits per heavy atom. The van der Waals surface area contributed by atoms with Crippen molar-refractivity contribution in [2.75, 3.05) is 0 Å². The van der Waals surface area contributed by atoms with E-state index in [1.807, 2.05) is 0 Å². The average Bonchev–Trinajstić information content (AvgIpc) is 2.60. The maximum atomic E-state index is 9.85. The molecular formula is C21H39O6Rh. The van der Waals surface area contributed by atoms with Gasteiger partial charge in [0, 0.05) is 17.9 Å². The predicted octanol–water partition coefficient (Wildman–Crippen LogP) is 2.12. The fourth-order valence-corrected chi connectivity index (χ4v) is 2.09. The van der Waals surface area contributed by atoms with Crippen molar-refractivity contribution in [3.05, 3.63) is 0 Å². The summed E-state index contributed by atoms with van der Waals surface area (Å²) in [4.78, 5) is 29.6. The molecule has 7 heteroatoms. The van der Waals surface area contributed by atoms with Gasteiger partial charge in [-0.25, -0.2) is 0 Å². The smallest absolute Gasteiger partial charge is 0.550 e. The van der Waals surface area contributed by atoms with E-state index in [0.717, 1.165) is 77.0 Å². The van der Waals surface area contributed by atoms with Crippen LogP contribution >= 0.6 is 0 Å². The van der Waals surface area contributed by atoms with Gasteiger partial charge in [-0.2, -0.15) is 0 Å². The van der Waals surface area contributed by atoms with E-state index in [1.54, 1.807) is 0 Å². The van der Waals surface area contributed by atoms with Gasteiger partial charge in [0.15, 0.2) is 0 Å². The standard InChI is InChI=1S/3C7H14O2.Rh/c3*1-2-3-4-5-6-7(8)9;/h3*2-6H2,1H3,(H,8,9);/q;;;+3/p-3. The van der Waals surface area contributed by atoms with Gasteiger partial charge >= 0.3 is 19.5 Å². The third-order valence-corrected chi connectivity index (χ3v) is 3.70. The SMILES string of the molecule is CCCCCCC(=O)[O-].CCCCCCC(=O)[O-].CCCCCCC(=O)[O-].[Rh+3]. The zero-order valence-corrected chi connectivity index (χ0v) is 19.5. The largest absolute Gasteiger partial charge is 3.00 e. The van der Waals surface area contributed by atoms with E-state index in [4.69, 9.17) is 0 Å². The molecule has 0 rings (SSSR count). The molecule has 0 radical (unpaired) electrons. The van der Waals surface area contributed by atoms with E-state index in [2.05, 4.69) is 20.8 Å². The first-order chi connectivity index (χ1) is 12.8. The van der Waals surface area contributed by atoms with Crippen molar-refractivity contribution in [2.45, 2.75) is 117 Å². The Bertz CT molecular complexity index is 295. The van der Waals surface area contributed by atoms with Crippen LogP contribution in [0.3, 0.4) is 0 Å². The Kier molecular flexibility index (Phi) is 37.9. The van der Waals surface area contributed by atoms with E-state index >= 15 is 0 Å². The molecule has 6 nitrogen and oxygen atoms in total. The Morgan fingerprint density at radius 2 is 0.679 bits per heavy atom. The van der Waals surface area contributed by atoms with Gasteiger partial charge in [0.25, 0.3) is 0 Å². The summed E-state index contributed by atoms with van der Waals surface area (Å²) in [5.41, 5.74) is 0. The van der Waals surface area contributed by atoms with Crippen LogP contribution in [0.25, 0.3) is 0 Å². The molecule has 0 aliphatic carbocycles. The molecule has 0 heterocycles. The van der Waals surface area contributed by atoms with Crippen LogP contribution in [0.4, 0.5) is 0 Å². The van der Waals surface area contributed by atoms with Gasteiger partial charge in [-0.3, -0.25) is 0 Å². The second-order valence-corrected chi connectivity index (χ2v) is 6.55. The number of hydrogen-bond donors (Lipinski definition) is 0. The summed E-state index contributed by atoms with van der Waals surface area (Å²) in [6.07, 6.45) is 12.9. The van der Waals surface area contributed by atoms with E-state index in [0.29, 0.717) is 0 Å². The monoisotopic (exact) mass is 490 g/mol. The topological polar surface area (TPSA) is 120 Å². The number of carbonyl (C=O) groups excluding carboxylic acids is 3. The fraction of sp³-hybridized carbons (Fsp3) is 0.857. The number of carboxylic acids is 3. The molecule has 0 aliphatic rings. The van der Waals surface area contributed by atoms with Crippen LogP contribution in [0.1, 0.15) is 117 Å². The number of carbonyl (C=O) groups is 3. The normalized spacial score (nSPS) is 9.11. The Morgan fingerprint density at radius 3 is 0.821 bits per heavy atom. The molecule has 0 aromatic carbocycles. The summed E-state index contributed by atoms with van der Waals surface area (Å²) in [6.45, 7) is 6.29. The molecule has 0 spiro atoms. The zero-order chi connectivity index (χ0) is 21.3. The number of hydrogen-bond acceptors (Lipinski definition) is 6. The molecule has 0 amide bonds. The van der Waals surface area contributed by atoms with Gasteiger partial charge in [-0.05, 0) is 38.5 Å². The molecule has 0 atom stereocenters. The molecule has 0 aromatic heterocycles. The maximum Gasteiger partial charge on any atom is 3.00 e. The zero-order valence-electron chi connectivity index (χ0n) is 17.9.